The molecule has 2 heterocycles. The molecule has 1 aromatic heterocycles. The van der Waals surface area contributed by atoms with Crippen LogP contribution in [0.2, 0.25) is 0 Å². The number of hydrogen-bond acceptors (Lipinski definition) is 7. The SMILES string of the molecule is CCN1CCN(c2cccc(Nc3ncc4cccc(-c5ccc(N(C)[SH](=O)=O)cc5)c4n3)c2)CC1. The van der Waals surface area contributed by atoms with Crippen molar-refractivity contribution in [3.63, 3.8) is 0 Å². The van der Waals surface area contributed by atoms with E-state index in [0.29, 0.717) is 11.6 Å². The van der Waals surface area contributed by atoms with Crippen molar-refractivity contribution in [2.75, 3.05) is 54.3 Å². The summed E-state index contributed by atoms with van der Waals surface area (Å²) >= 11 is 0. The van der Waals surface area contributed by atoms with E-state index < -0.39 is 10.9 Å². The Morgan fingerprint density at radius 2 is 1.72 bits per heavy atom. The fourth-order valence-corrected chi connectivity index (χ4v) is 4.85. The van der Waals surface area contributed by atoms with Gasteiger partial charge < -0.3 is 15.1 Å². The molecule has 9 heteroatoms. The Bertz CT molecular complexity index is 1420. The van der Waals surface area contributed by atoms with Crippen molar-refractivity contribution in [1.82, 2.24) is 14.9 Å². The van der Waals surface area contributed by atoms with Crippen LogP contribution in [0.1, 0.15) is 6.92 Å². The third kappa shape index (κ3) is 5.12. The molecule has 1 aliphatic rings. The Labute approximate surface area is 213 Å². The maximum absolute atomic E-state index is 11.3. The average Bonchev–Trinajstić information content (AvgIpc) is 2.92. The van der Waals surface area contributed by atoms with Crippen LogP contribution in [0.4, 0.5) is 23.0 Å². The third-order valence-corrected chi connectivity index (χ3v) is 7.42. The molecule has 1 saturated heterocycles. The summed E-state index contributed by atoms with van der Waals surface area (Å²) in [6.07, 6.45) is 1.83. The van der Waals surface area contributed by atoms with E-state index in [1.807, 2.05) is 42.6 Å². The lowest BCUT2D eigenvalue weighted by molar-refractivity contribution is 0.271. The van der Waals surface area contributed by atoms with Gasteiger partial charge in [0, 0.05) is 61.7 Å². The molecule has 1 N–H and O–H groups in total. The van der Waals surface area contributed by atoms with E-state index in [-0.39, 0.29) is 0 Å². The summed E-state index contributed by atoms with van der Waals surface area (Å²) in [6.45, 7) is 7.51. The molecular weight excluding hydrogens is 472 g/mol. The molecule has 0 bridgehead atoms. The molecule has 5 rings (SSSR count). The molecule has 0 amide bonds. The van der Waals surface area contributed by atoms with Gasteiger partial charge in [-0.15, -0.1) is 0 Å². The normalized spacial score (nSPS) is 14.4. The molecule has 36 heavy (non-hydrogen) atoms. The number of nitrogens with zero attached hydrogens (tertiary/aromatic N) is 5. The van der Waals surface area contributed by atoms with Crippen LogP contribution in [-0.2, 0) is 10.9 Å². The van der Waals surface area contributed by atoms with Gasteiger partial charge in [-0.05, 0) is 42.4 Å². The number of thiol groups is 1. The van der Waals surface area contributed by atoms with Crippen molar-refractivity contribution in [2.24, 2.45) is 0 Å². The summed E-state index contributed by atoms with van der Waals surface area (Å²) in [5, 5.41) is 4.31. The number of nitrogens with one attached hydrogen (secondary N) is 1. The smallest absolute Gasteiger partial charge is 0.227 e. The first kappa shape index (κ1) is 24.0. The van der Waals surface area contributed by atoms with Crippen LogP contribution in [0.5, 0.6) is 0 Å². The van der Waals surface area contributed by atoms with Crippen molar-refractivity contribution in [1.29, 1.82) is 0 Å². The lowest BCUT2D eigenvalue weighted by Crippen LogP contribution is -2.46. The first-order chi connectivity index (χ1) is 17.5. The Balaban J connectivity index is 1.40. The standard InChI is InChI=1S/C27H30N6O2S/c1-3-32-14-16-33(17-15-32)24-8-5-7-22(18-24)29-27-28-19-21-6-4-9-25(26(21)30-27)20-10-12-23(13-11-20)31(2)36(34)35/h4-13,18-19,36H,3,14-17H2,1-2H3,(H,28,29,30). The zero-order valence-corrected chi connectivity index (χ0v) is 21.4. The van der Waals surface area contributed by atoms with Crippen molar-refractivity contribution in [2.45, 2.75) is 6.92 Å². The molecule has 0 spiro atoms. The number of para-hydroxylation sites is 1. The minimum Gasteiger partial charge on any atom is -0.369 e. The number of aromatic nitrogens is 2. The quantitative estimate of drug-likeness (QED) is 0.368. The topological polar surface area (TPSA) is 81.7 Å². The zero-order chi connectivity index (χ0) is 25.1. The number of likely N-dealkylation sites (N-methyl/N-ethyl adjacent to an activating group) is 1. The van der Waals surface area contributed by atoms with Gasteiger partial charge in [-0.3, -0.25) is 4.31 Å². The zero-order valence-electron chi connectivity index (χ0n) is 20.5. The molecular formula is C27H30N6O2S. The fraction of sp³-hybridized carbons (Fsp3) is 0.259. The van der Waals surface area contributed by atoms with Gasteiger partial charge in [0.2, 0.25) is 16.8 Å². The molecule has 8 nitrogen and oxygen atoms in total. The number of benzene rings is 3. The summed E-state index contributed by atoms with van der Waals surface area (Å²) in [7, 11) is -1.14. The Kier molecular flexibility index (Phi) is 7.02. The van der Waals surface area contributed by atoms with Crippen LogP contribution in [0, 0.1) is 0 Å². The molecule has 0 saturated carbocycles. The van der Waals surface area contributed by atoms with Crippen molar-refractivity contribution in [3.8, 4) is 11.1 Å². The van der Waals surface area contributed by atoms with E-state index in [9.17, 15) is 8.42 Å². The summed E-state index contributed by atoms with van der Waals surface area (Å²) in [6, 6.07) is 21.8. The predicted octanol–water partition coefficient (Wildman–Crippen LogP) is 4.14. The van der Waals surface area contributed by atoms with Gasteiger partial charge in [-0.1, -0.05) is 43.3 Å². The minimum atomic E-state index is -2.67. The Morgan fingerprint density at radius 3 is 2.44 bits per heavy atom. The first-order valence-electron chi connectivity index (χ1n) is 12.1. The summed E-state index contributed by atoms with van der Waals surface area (Å²) in [5.74, 6) is 0.530. The Morgan fingerprint density at radius 1 is 0.972 bits per heavy atom. The van der Waals surface area contributed by atoms with Crippen LogP contribution < -0.4 is 14.5 Å². The highest BCUT2D eigenvalue weighted by Crippen LogP contribution is 2.30. The number of hydrogen-bond donors (Lipinski definition) is 2. The van der Waals surface area contributed by atoms with Gasteiger partial charge in [-0.25, -0.2) is 18.4 Å². The molecule has 0 unspecified atom stereocenters. The van der Waals surface area contributed by atoms with Gasteiger partial charge in [0.15, 0.2) is 0 Å². The van der Waals surface area contributed by atoms with Crippen molar-refractivity contribution < 1.29 is 8.42 Å². The van der Waals surface area contributed by atoms with Gasteiger partial charge >= 0.3 is 0 Å². The highest BCUT2D eigenvalue weighted by Gasteiger charge is 2.16. The molecule has 1 fully saturated rings. The number of anilines is 4. The van der Waals surface area contributed by atoms with Crippen molar-refractivity contribution >= 4 is 44.8 Å². The van der Waals surface area contributed by atoms with E-state index in [0.717, 1.165) is 60.4 Å². The number of rotatable bonds is 7. The third-order valence-electron chi connectivity index (χ3n) is 6.69. The second-order valence-electron chi connectivity index (χ2n) is 8.84. The van der Waals surface area contributed by atoms with E-state index in [4.69, 9.17) is 4.98 Å². The predicted molar refractivity (Wildman–Crippen MR) is 148 cm³/mol. The summed E-state index contributed by atoms with van der Waals surface area (Å²) in [5.41, 5.74) is 5.50. The monoisotopic (exact) mass is 502 g/mol. The minimum absolute atomic E-state index is 0.530. The molecule has 0 atom stereocenters. The lowest BCUT2D eigenvalue weighted by atomic mass is 10.0. The largest absolute Gasteiger partial charge is 0.369 e. The van der Waals surface area contributed by atoms with Crippen LogP contribution in [0.25, 0.3) is 22.0 Å². The van der Waals surface area contributed by atoms with E-state index in [1.54, 1.807) is 12.1 Å². The van der Waals surface area contributed by atoms with Gasteiger partial charge in [0.1, 0.15) is 0 Å². The first-order valence-corrected chi connectivity index (χ1v) is 13.2. The van der Waals surface area contributed by atoms with Gasteiger partial charge in [-0.2, -0.15) is 0 Å². The molecule has 3 aromatic carbocycles. The average molecular weight is 503 g/mol. The lowest BCUT2D eigenvalue weighted by Gasteiger charge is -2.35. The number of piperazine rings is 1. The molecule has 0 aliphatic carbocycles. The number of fused-ring (bicyclic) bond motifs is 1. The maximum Gasteiger partial charge on any atom is 0.227 e. The maximum atomic E-state index is 11.3. The van der Waals surface area contributed by atoms with E-state index >= 15 is 0 Å². The summed E-state index contributed by atoms with van der Waals surface area (Å²) in [4.78, 5) is 14.3. The second-order valence-corrected chi connectivity index (χ2v) is 9.92. The van der Waals surface area contributed by atoms with Gasteiger partial charge in [0.25, 0.3) is 0 Å². The van der Waals surface area contributed by atoms with Crippen molar-refractivity contribution in [3.05, 3.63) is 72.9 Å². The van der Waals surface area contributed by atoms with Gasteiger partial charge in [0.05, 0.1) is 11.2 Å². The highest BCUT2D eigenvalue weighted by atomic mass is 32.2. The second kappa shape index (κ2) is 10.5. The molecule has 0 radical (unpaired) electrons. The fourth-order valence-electron chi connectivity index (χ4n) is 4.53. The van der Waals surface area contributed by atoms with Crippen LogP contribution in [0.3, 0.4) is 0 Å². The highest BCUT2D eigenvalue weighted by molar-refractivity contribution is 7.74. The van der Waals surface area contributed by atoms with Crippen LogP contribution in [0.15, 0.2) is 72.9 Å². The molecule has 4 aromatic rings. The summed E-state index contributed by atoms with van der Waals surface area (Å²) < 4.78 is 23.8. The van der Waals surface area contributed by atoms with E-state index in [2.05, 4.69) is 45.2 Å². The molecule has 1 aliphatic heterocycles. The molecule has 186 valence electrons. The van der Waals surface area contributed by atoms with Crippen LogP contribution in [-0.4, -0.2) is 63.1 Å². The Hall–Kier alpha value is -3.69. The van der Waals surface area contributed by atoms with E-state index in [1.165, 1.54) is 17.0 Å². The van der Waals surface area contributed by atoms with Crippen LogP contribution >= 0.6 is 0 Å².